The molecule has 2 aliphatic rings. The van der Waals surface area contributed by atoms with Gasteiger partial charge in [-0.25, -0.2) is 5.43 Å². The molecule has 0 unspecified atom stereocenters. The second-order valence-electron chi connectivity index (χ2n) is 5.93. The number of hydrogen-bond donors (Lipinski definition) is 2. The maximum absolute atomic E-state index is 11.8. The minimum Gasteiger partial charge on any atom is -0.304 e. The molecule has 0 heterocycles. The first kappa shape index (κ1) is 17.2. The highest BCUT2D eigenvalue weighted by molar-refractivity contribution is 7.80. The van der Waals surface area contributed by atoms with Gasteiger partial charge in [-0.3, -0.25) is 20.0 Å². The molecule has 2 rings (SSSR count). The number of carbonyl (C=O) groups is 2. The van der Waals surface area contributed by atoms with Crippen molar-refractivity contribution in [2.24, 2.45) is 11.8 Å². The van der Waals surface area contributed by atoms with Crippen molar-refractivity contribution in [3.05, 3.63) is 0 Å². The van der Waals surface area contributed by atoms with Gasteiger partial charge in [0.25, 0.3) is 0 Å². The van der Waals surface area contributed by atoms with E-state index in [1.165, 1.54) is 0 Å². The highest BCUT2D eigenvalue weighted by Gasteiger charge is 2.30. The van der Waals surface area contributed by atoms with Crippen molar-refractivity contribution in [1.29, 1.82) is 0 Å². The third-order valence-corrected chi connectivity index (χ3v) is 4.89. The first-order valence-electron chi connectivity index (χ1n) is 7.48. The van der Waals surface area contributed by atoms with Crippen LogP contribution < -0.4 is 10.9 Å². The molecule has 0 spiro atoms. The summed E-state index contributed by atoms with van der Waals surface area (Å²) >= 11 is 10.5. The molecule has 6 nitrogen and oxygen atoms in total. The van der Waals surface area contributed by atoms with E-state index in [9.17, 15) is 9.59 Å². The van der Waals surface area contributed by atoms with Crippen LogP contribution in [-0.4, -0.2) is 52.3 Å². The topological polar surface area (TPSA) is 64.7 Å². The van der Waals surface area contributed by atoms with Gasteiger partial charge < -0.3 is 5.01 Å². The van der Waals surface area contributed by atoms with Crippen LogP contribution >= 0.6 is 24.4 Å². The van der Waals surface area contributed by atoms with Crippen LogP contribution in [-0.2, 0) is 9.59 Å². The minimum atomic E-state index is -0.343. The van der Waals surface area contributed by atoms with Crippen molar-refractivity contribution < 1.29 is 9.59 Å². The average Bonchev–Trinajstić information content (AvgIpc) is 3.34. The van der Waals surface area contributed by atoms with Gasteiger partial charge in [0.2, 0.25) is 5.91 Å². The Labute approximate surface area is 141 Å². The number of Topliss-reactive ketones (excluding diaryl/α,β-unsaturated/α-hetero) is 1. The fourth-order valence-electron chi connectivity index (χ4n) is 2.02. The Kier molecular flexibility index (Phi) is 5.82. The molecule has 0 bridgehead atoms. The maximum atomic E-state index is 11.8. The Morgan fingerprint density at radius 2 is 1.50 bits per heavy atom. The molecule has 2 saturated carbocycles. The van der Waals surface area contributed by atoms with E-state index in [0.717, 1.165) is 35.7 Å². The van der Waals surface area contributed by atoms with E-state index < -0.39 is 0 Å². The molecule has 0 saturated heterocycles. The van der Waals surface area contributed by atoms with E-state index in [-0.39, 0.29) is 24.7 Å². The van der Waals surface area contributed by atoms with Crippen LogP contribution in [0.4, 0.5) is 0 Å². The number of nitrogens with one attached hydrogen (secondary N) is 2. The maximum Gasteiger partial charge on any atom is 0.245 e. The van der Waals surface area contributed by atoms with Crippen LogP contribution in [0.2, 0.25) is 0 Å². The molecule has 1 amide bonds. The zero-order valence-corrected chi connectivity index (χ0v) is 14.6. The Balaban J connectivity index is 1.63. The highest BCUT2D eigenvalue weighted by atomic mass is 32.1. The van der Waals surface area contributed by atoms with Crippen LogP contribution in [0, 0.1) is 11.8 Å². The molecule has 0 aromatic carbocycles. The second kappa shape index (κ2) is 7.43. The lowest BCUT2D eigenvalue weighted by Gasteiger charge is -2.22. The number of ketones is 1. The summed E-state index contributed by atoms with van der Waals surface area (Å²) in [5.74, 6) is 0.330. The van der Waals surface area contributed by atoms with Gasteiger partial charge in [-0.15, -0.1) is 0 Å². The zero-order chi connectivity index (χ0) is 16.3. The summed E-state index contributed by atoms with van der Waals surface area (Å²) in [5.41, 5.74) is 5.57. The third-order valence-electron chi connectivity index (χ3n) is 3.68. The Hall–Kier alpha value is -1.12. The normalized spacial score (nSPS) is 16.8. The van der Waals surface area contributed by atoms with Crippen molar-refractivity contribution >= 4 is 46.1 Å². The van der Waals surface area contributed by atoms with Crippen molar-refractivity contribution in [1.82, 2.24) is 20.9 Å². The second-order valence-corrected chi connectivity index (χ2v) is 6.76. The van der Waals surface area contributed by atoms with Gasteiger partial charge in [0.1, 0.15) is 0 Å². The quantitative estimate of drug-likeness (QED) is 0.403. The van der Waals surface area contributed by atoms with Crippen molar-refractivity contribution in [3.8, 4) is 0 Å². The van der Waals surface area contributed by atoms with E-state index in [1.807, 2.05) is 0 Å². The van der Waals surface area contributed by atoms with Gasteiger partial charge in [-0.05, 0) is 25.7 Å². The SMILES string of the molecule is CN(NCC(=O)CC(=O)NN(C)C(=S)C1CC1)C(=S)C1CC1. The van der Waals surface area contributed by atoms with Gasteiger partial charge >= 0.3 is 0 Å². The highest BCUT2D eigenvalue weighted by Crippen LogP contribution is 2.31. The Bertz CT molecular complexity index is 489. The molecule has 8 heteroatoms. The number of hydrazine groups is 2. The van der Waals surface area contributed by atoms with Crippen LogP contribution in [0.5, 0.6) is 0 Å². The standard InChI is InChI=1S/C14H22N4O2S2/c1-17(13(21)9-3-4-9)15-8-11(19)7-12(20)16-18(2)14(22)10-5-6-10/h9-10,15H,3-8H2,1-2H3,(H,16,20). The van der Waals surface area contributed by atoms with Crippen molar-refractivity contribution in [2.45, 2.75) is 32.1 Å². The van der Waals surface area contributed by atoms with E-state index >= 15 is 0 Å². The molecule has 2 N–H and O–H groups in total. The Morgan fingerprint density at radius 1 is 1.00 bits per heavy atom. The lowest BCUT2D eigenvalue weighted by atomic mass is 10.3. The van der Waals surface area contributed by atoms with Crippen molar-refractivity contribution in [2.75, 3.05) is 20.6 Å². The smallest absolute Gasteiger partial charge is 0.245 e. The molecular formula is C14H22N4O2S2. The van der Waals surface area contributed by atoms with E-state index in [0.29, 0.717) is 11.8 Å². The van der Waals surface area contributed by atoms with Gasteiger partial charge in [0.15, 0.2) is 5.78 Å². The first-order chi connectivity index (χ1) is 10.4. The van der Waals surface area contributed by atoms with Crippen LogP contribution in [0.25, 0.3) is 0 Å². The summed E-state index contributed by atoms with van der Waals surface area (Å²) in [6, 6.07) is 0. The Morgan fingerprint density at radius 3 is 2.00 bits per heavy atom. The zero-order valence-electron chi connectivity index (χ0n) is 12.9. The van der Waals surface area contributed by atoms with Crippen LogP contribution in [0.15, 0.2) is 0 Å². The fraction of sp³-hybridized carbons (Fsp3) is 0.714. The van der Waals surface area contributed by atoms with Gasteiger partial charge in [-0.1, -0.05) is 24.4 Å². The summed E-state index contributed by atoms with van der Waals surface area (Å²) < 4.78 is 0. The monoisotopic (exact) mass is 342 g/mol. The van der Waals surface area contributed by atoms with E-state index in [2.05, 4.69) is 10.9 Å². The number of amides is 1. The first-order valence-corrected chi connectivity index (χ1v) is 8.30. The third kappa shape index (κ3) is 5.26. The van der Waals surface area contributed by atoms with E-state index in [1.54, 1.807) is 24.1 Å². The lowest BCUT2D eigenvalue weighted by molar-refractivity contribution is -0.129. The number of carbonyl (C=O) groups excluding carboxylic acids is 2. The van der Waals surface area contributed by atoms with Gasteiger partial charge in [0, 0.05) is 25.9 Å². The molecule has 0 aromatic rings. The number of rotatable bonds is 7. The predicted molar refractivity (Wildman–Crippen MR) is 91.9 cm³/mol. The summed E-state index contributed by atoms with van der Waals surface area (Å²) in [5, 5.41) is 3.25. The molecule has 0 aromatic heterocycles. The van der Waals surface area contributed by atoms with Crippen LogP contribution in [0.1, 0.15) is 32.1 Å². The number of hydrogen-bond acceptors (Lipinski definition) is 5. The fourth-order valence-corrected chi connectivity index (χ4v) is 2.60. The lowest BCUT2D eigenvalue weighted by Crippen LogP contribution is -2.46. The summed E-state index contributed by atoms with van der Waals surface area (Å²) in [6.45, 7) is 0.0908. The van der Waals surface area contributed by atoms with Gasteiger partial charge in [0.05, 0.1) is 22.9 Å². The molecule has 2 aliphatic carbocycles. The van der Waals surface area contributed by atoms with E-state index in [4.69, 9.17) is 24.4 Å². The number of nitrogens with zero attached hydrogens (tertiary/aromatic N) is 2. The van der Waals surface area contributed by atoms with Crippen molar-refractivity contribution in [3.63, 3.8) is 0 Å². The molecule has 122 valence electrons. The molecule has 0 atom stereocenters. The summed E-state index contributed by atoms with van der Waals surface area (Å²) in [7, 11) is 3.51. The summed E-state index contributed by atoms with van der Waals surface area (Å²) in [4.78, 5) is 25.2. The molecule has 0 radical (unpaired) electrons. The predicted octanol–water partition coefficient (Wildman–Crippen LogP) is 0.820. The molecule has 22 heavy (non-hydrogen) atoms. The number of thiocarbonyl (C=S) groups is 2. The van der Waals surface area contributed by atoms with Gasteiger partial charge in [-0.2, -0.15) is 0 Å². The average molecular weight is 342 g/mol. The minimum absolute atomic E-state index is 0.0908. The molecular weight excluding hydrogens is 320 g/mol. The largest absolute Gasteiger partial charge is 0.304 e. The molecule has 2 fully saturated rings. The van der Waals surface area contributed by atoms with Crippen LogP contribution in [0.3, 0.4) is 0 Å². The summed E-state index contributed by atoms with van der Waals surface area (Å²) in [6.07, 6.45) is 4.22. The molecule has 0 aliphatic heterocycles.